The van der Waals surface area contributed by atoms with Crippen molar-refractivity contribution in [1.29, 1.82) is 0 Å². The van der Waals surface area contributed by atoms with Crippen LogP contribution in [0.4, 0.5) is 11.4 Å². The van der Waals surface area contributed by atoms with E-state index in [9.17, 15) is 9.59 Å². The van der Waals surface area contributed by atoms with Crippen LogP contribution >= 0.6 is 0 Å². The van der Waals surface area contributed by atoms with E-state index < -0.39 is 5.97 Å². The molecule has 0 saturated carbocycles. The van der Waals surface area contributed by atoms with E-state index in [-0.39, 0.29) is 12.5 Å². The maximum atomic E-state index is 11.3. The Balaban J connectivity index is 1.65. The monoisotopic (exact) mass is 275 g/mol. The number of anilines is 2. The molecule has 2 aliphatic heterocycles. The number of nitrogens with zero attached hydrogens (tertiary/aromatic N) is 2. The van der Waals surface area contributed by atoms with E-state index in [1.165, 1.54) is 0 Å². The molecule has 1 amide bonds. The number of piperazine rings is 1. The summed E-state index contributed by atoms with van der Waals surface area (Å²) < 4.78 is 0. The van der Waals surface area contributed by atoms with Gasteiger partial charge in [-0.25, -0.2) is 0 Å². The van der Waals surface area contributed by atoms with E-state index in [0.717, 1.165) is 43.1 Å². The number of rotatable bonds is 3. The Morgan fingerprint density at radius 3 is 2.70 bits per heavy atom. The van der Waals surface area contributed by atoms with Crippen LogP contribution in [0.25, 0.3) is 0 Å². The van der Waals surface area contributed by atoms with Gasteiger partial charge < -0.3 is 15.3 Å². The van der Waals surface area contributed by atoms with Gasteiger partial charge in [-0.3, -0.25) is 14.5 Å². The molecule has 2 N–H and O–H groups in total. The highest BCUT2D eigenvalue weighted by Crippen LogP contribution is 2.28. The first-order valence-electron chi connectivity index (χ1n) is 6.74. The van der Waals surface area contributed by atoms with Crippen LogP contribution in [0.3, 0.4) is 0 Å². The predicted octanol–water partition coefficient (Wildman–Crippen LogP) is 0.388. The van der Waals surface area contributed by atoms with Gasteiger partial charge in [0.05, 0.1) is 13.0 Å². The van der Waals surface area contributed by atoms with Crippen LogP contribution in [-0.2, 0) is 16.0 Å². The number of hydrogen-bond donors (Lipinski definition) is 2. The number of fused-ring (bicyclic) bond motifs is 1. The molecule has 1 aromatic carbocycles. The largest absolute Gasteiger partial charge is 0.480 e. The number of benzene rings is 1. The second-order valence-corrected chi connectivity index (χ2v) is 5.22. The molecule has 0 aromatic heterocycles. The molecule has 0 atom stereocenters. The molecular formula is C14H17N3O3. The molecule has 0 bridgehead atoms. The number of aliphatic carboxylic acids is 1. The van der Waals surface area contributed by atoms with Crippen LogP contribution < -0.4 is 10.2 Å². The zero-order chi connectivity index (χ0) is 14.1. The lowest BCUT2D eigenvalue weighted by Gasteiger charge is -2.35. The SMILES string of the molecule is O=C(O)CN1CCN(c2ccc3c(c2)CC(=O)N3)CC1. The summed E-state index contributed by atoms with van der Waals surface area (Å²) in [5.41, 5.74) is 3.05. The van der Waals surface area contributed by atoms with E-state index in [0.29, 0.717) is 6.42 Å². The summed E-state index contributed by atoms with van der Waals surface area (Å²) in [6.45, 7) is 3.23. The average molecular weight is 275 g/mol. The fourth-order valence-corrected chi connectivity index (χ4v) is 2.77. The number of carbonyl (C=O) groups is 2. The molecule has 1 aromatic rings. The maximum absolute atomic E-state index is 11.3. The number of carboxylic acids is 1. The van der Waals surface area contributed by atoms with Crippen LogP contribution in [0, 0.1) is 0 Å². The van der Waals surface area contributed by atoms with Gasteiger partial charge in [0, 0.05) is 37.6 Å². The Morgan fingerprint density at radius 1 is 1.25 bits per heavy atom. The van der Waals surface area contributed by atoms with Crippen molar-refractivity contribution in [1.82, 2.24) is 4.90 Å². The lowest BCUT2D eigenvalue weighted by atomic mass is 10.1. The Kier molecular flexibility index (Phi) is 3.31. The zero-order valence-electron chi connectivity index (χ0n) is 11.1. The van der Waals surface area contributed by atoms with Gasteiger partial charge in [0.2, 0.25) is 5.91 Å². The second-order valence-electron chi connectivity index (χ2n) is 5.22. The molecule has 6 nitrogen and oxygen atoms in total. The van der Waals surface area contributed by atoms with Crippen molar-refractivity contribution >= 4 is 23.3 Å². The standard InChI is InChI=1S/C14H17N3O3/c18-13-8-10-7-11(1-2-12(10)15-13)17-5-3-16(4-6-17)9-14(19)20/h1-2,7H,3-6,8-9H2,(H,15,18)(H,19,20). The summed E-state index contributed by atoms with van der Waals surface area (Å²) in [5, 5.41) is 11.6. The summed E-state index contributed by atoms with van der Waals surface area (Å²) in [7, 11) is 0. The Bertz CT molecular complexity index is 551. The van der Waals surface area contributed by atoms with Gasteiger partial charge in [0.1, 0.15) is 0 Å². The molecule has 0 unspecified atom stereocenters. The van der Waals surface area contributed by atoms with Gasteiger partial charge in [-0.15, -0.1) is 0 Å². The van der Waals surface area contributed by atoms with E-state index in [4.69, 9.17) is 5.11 Å². The molecule has 3 rings (SSSR count). The summed E-state index contributed by atoms with van der Waals surface area (Å²) in [6.07, 6.45) is 0.447. The highest BCUT2D eigenvalue weighted by atomic mass is 16.4. The molecular weight excluding hydrogens is 258 g/mol. The molecule has 106 valence electrons. The highest BCUT2D eigenvalue weighted by Gasteiger charge is 2.22. The molecule has 0 aliphatic carbocycles. The minimum absolute atomic E-state index is 0.0448. The van der Waals surface area contributed by atoms with Crippen molar-refractivity contribution in [2.45, 2.75) is 6.42 Å². The van der Waals surface area contributed by atoms with Crippen molar-refractivity contribution in [3.8, 4) is 0 Å². The van der Waals surface area contributed by atoms with Gasteiger partial charge in [-0.05, 0) is 23.8 Å². The van der Waals surface area contributed by atoms with E-state index in [1.807, 2.05) is 17.0 Å². The maximum Gasteiger partial charge on any atom is 0.317 e. The van der Waals surface area contributed by atoms with Crippen LogP contribution in [0.2, 0.25) is 0 Å². The first-order chi connectivity index (χ1) is 9.61. The molecule has 20 heavy (non-hydrogen) atoms. The Morgan fingerprint density at radius 2 is 2.00 bits per heavy atom. The third kappa shape index (κ3) is 2.60. The van der Waals surface area contributed by atoms with Gasteiger partial charge >= 0.3 is 5.97 Å². The average Bonchev–Trinajstić information content (AvgIpc) is 2.78. The quantitative estimate of drug-likeness (QED) is 0.835. The third-order valence-corrected chi connectivity index (χ3v) is 3.81. The highest BCUT2D eigenvalue weighted by molar-refractivity contribution is 5.99. The van der Waals surface area contributed by atoms with Crippen molar-refractivity contribution in [2.75, 3.05) is 42.9 Å². The van der Waals surface area contributed by atoms with Crippen LogP contribution in [-0.4, -0.2) is 54.6 Å². The Hall–Kier alpha value is -2.08. The summed E-state index contributed by atoms with van der Waals surface area (Å²) in [5.74, 6) is -0.732. The third-order valence-electron chi connectivity index (χ3n) is 3.81. The van der Waals surface area contributed by atoms with Crippen molar-refractivity contribution in [3.05, 3.63) is 23.8 Å². The van der Waals surface area contributed by atoms with Gasteiger partial charge in [0.15, 0.2) is 0 Å². The lowest BCUT2D eigenvalue weighted by molar-refractivity contribution is -0.138. The molecule has 6 heteroatoms. The molecule has 1 saturated heterocycles. The summed E-state index contributed by atoms with van der Waals surface area (Å²) in [4.78, 5) is 26.2. The zero-order valence-corrected chi connectivity index (χ0v) is 11.1. The topological polar surface area (TPSA) is 72.9 Å². The molecule has 1 fully saturated rings. The van der Waals surface area contributed by atoms with Gasteiger partial charge in [-0.1, -0.05) is 0 Å². The minimum atomic E-state index is -0.777. The number of amides is 1. The fourth-order valence-electron chi connectivity index (χ4n) is 2.77. The van der Waals surface area contributed by atoms with Crippen LogP contribution in [0.5, 0.6) is 0 Å². The van der Waals surface area contributed by atoms with Gasteiger partial charge in [0.25, 0.3) is 0 Å². The smallest absolute Gasteiger partial charge is 0.317 e. The van der Waals surface area contributed by atoms with E-state index >= 15 is 0 Å². The summed E-state index contributed by atoms with van der Waals surface area (Å²) >= 11 is 0. The first kappa shape index (κ1) is 12.9. The molecule has 0 spiro atoms. The van der Waals surface area contributed by atoms with Crippen LogP contribution in [0.15, 0.2) is 18.2 Å². The number of nitrogens with one attached hydrogen (secondary N) is 1. The lowest BCUT2D eigenvalue weighted by Crippen LogP contribution is -2.48. The number of carboxylic acid groups (broad SMARTS) is 1. The van der Waals surface area contributed by atoms with Crippen LogP contribution in [0.1, 0.15) is 5.56 Å². The summed E-state index contributed by atoms with van der Waals surface area (Å²) in [6, 6.07) is 6.01. The number of carbonyl (C=O) groups excluding carboxylic acids is 1. The van der Waals surface area contributed by atoms with E-state index in [2.05, 4.69) is 16.3 Å². The first-order valence-corrected chi connectivity index (χ1v) is 6.74. The fraction of sp³-hybridized carbons (Fsp3) is 0.429. The molecule has 2 aliphatic rings. The predicted molar refractivity (Wildman–Crippen MR) is 75.1 cm³/mol. The van der Waals surface area contributed by atoms with Crippen molar-refractivity contribution in [3.63, 3.8) is 0 Å². The van der Waals surface area contributed by atoms with E-state index in [1.54, 1.807) is 0 Å². The normalized spacial score (nSPS) is 18.8. The molecule has 2 heterocycles. The molecule has 0 radical (unpaired) electrons. The van der Waals surface area contributed by atoms with Crippen molar-refractivity contribution < 1.29 is 14.7 Å². The second kappa shape index (κ2) is 5.13. The van der Waals surface area contributed by atoms with Gasteiger partial charge in [-0.2, -0.15) is 0 Å². The Labute approximate surface area is 117 Å². The number of hydrogen-bond acceptors (Lipinski definition) is 4. The van der Waals surface area contributed by atoms with Crippen molar-refractivity contribution in [2.24, 2.45) is 0 Å². The minimum Gasteiger partial charge on any atom is -0.480 e.